The molecule has 158 valence electrons. The van der Waals surface area contributed by atoms with E-state index in [1.165, 1.54) is 17.3 Å². The van der Waals surface area contributed by atoms with E-state index in [4.69, 9.17) is 0 Å². The summed E-state index contributed by atoms with van der Waals surface area (Å²) < 4.78 is 4.64. The van der Waals surface area contributed by atoms with Crippen molar-refractivity contribution in [3.05, 3.63) is 64.8 Å². The van der Waals surface area contributed by atoms with E-state index in [2.05, 4.69) is 67.7 Å². The summed E-state index contributed by atoms with van der Waals surface area (Å²) in [6, 6.07) is 15.7. The van der Waals surface area contributed by atoms with E-state index in [1.54, 1.807) is 4.68 Å². The molecule has 0 spiro atoms. The number of thioether (sulfide) groups is 1. The van der Waals surface area contributed by atoms with Crippen LogP contribution in [0.4, 0.5) is 5.69 Å². The highest BCUT2D eigenvalue weighted by atomic mass is 79.9. The number of anilines is 1. The summed E-state index contributed by atoms with van der Waals surface area (Å²) in [6.07, 6.45) is 1.94. The van der Waals surface area contributed by atoms with Crippen molar-refractivity contribution in [3.8, 4) is 22.6 Å². The van der Waals surface area contributed by atoms with Crippen molar-refractivity contribution in [1.29, 1.82) is 0 Å². The Morgan fingerprint density at radius 1 is 1.06 bits per heavy atom. The first kappa shape index (κ1) is 21.3. The van der Waals surface area contributed by atoms with Crippen LogP contribution in [0.5, 0.6) is 0 Å². The van der Waals surface area contributed by atoms with Crippen LogP contribution >= 0.6 is 27.7 Å². The molecule has 0 fully saturated rings. The molecule has 0 aliphatic heterocycles. The van der Waals surface area contributed by atoms with Crippen molar-refractivity contribution < 1.29 is 4.79 Å². The number of hydrogen-bond acceptors (Lipinski definition) is 5. The largest absolute Gasteiger partial charge is 0.325 e. The van der Waals surface area contributed by atoms with Gasteiger partial charge in [0.05, 0.1) is 11.3 Å². The van der Waals surface area contributed by atoms with Gasteiger partial charge in [-0.3, -0.25) is 9.48 Å². The van der Waals surface area contributed by atoms with Crippen LogP contribution in [0, 0.1) is 6.92 Å². The third-order valence-electron chi connectivity index (χ3n) is 4.69. The van der Waals surface area contributed by atoms with Gasteiger partial charge in [0.2, 0.25) is 5.91 Å². The molecule has 1 N–H and O–H groups in total. The monoisotopic (exact) mass is 496 g/mol. The average molecular weight is 497 g/mol. The number of benzene rings is 2. The maximum Gasteiger partial charge on any atom is 0.234 e. The molecular formula is C22H21BrN6OS. The highest BCUT2D eigenvalue weighted by Crippen LogP contribution is 2.31. The Morgan fingerprint density at radius 3 is 2.48 bits per heavy atom. The number of aromatic nitrogens is 5. The molecular weight excluding hydrogens is 476 g/mol. The number of nitrogens with one attached hydrogen (secondary N) is 1. The molecule has 0 saturated heterocycles. The van der Waals surface area contributed by atoms with Crippen LogP contribution in [0.2, 0.25) is 0 Å². The normalized spacial score (nSPS) is 11.0. The lowest BCUT2D eigenvalue weighted by atomic mass is 10.1. The van der Waals surface area contributed by atoms with Crippen molar-refractivity contribution in [1.82, 2.24) is 24.5 Å². The summed E-state index contributed by atoms with van der Waals surface area (Å²) in [6.45, 7) is 2.06. The second-order valence-electron chi connectivity index (χ2n) is 7.14. The Labute approximate surface area is 193 Å². The van der Waals surface area contributed by atoms with Gasteiger partial charge in [0.25, 0.3) is 0 Å². The lowest BCUT2D eigenvalue weighted by Crippen LogP contribution is -2.14. The number of carbonyl (C=O) groups is 1. The van der Waals surface area contributed by atoms with Gasteiger partial charge >= 0.3 is 0 Å². The molecule has 0 bridgehead atoms. The van der Waals surface area contributed by atoms with Gasteiger partial charge in [-0.2, -0.15) is 5.10 Å². The minimum absolute atomic E-state index is 0.0985. The number of halogens is 1. The number of hydrogen-bond donors (Lipinski definition) is 1. The fourth-order valence-electron chi connectivity index (χ4n) is 3.11. The molecule has 2 aromatic heterocycles. The minimum atomic E-state index is -0.0985. The van der Waals surface area contributed by atoms with Crippen LogP contribution in [0.25, 0.3) is 22.6 Å². The van der Waals surface area contributed by atoms with E-state index in [0.717, 1.165) is 27.0 Å². The van der Waals surface area contributed by atoms with Gasteiger partial charge in [-0.1, -0.05) is 57.5 Å². The number of amides is 1. The summed E-state index contributed by atoms with van der Waals surface area (Å²) in [5, 5.41) is 16.8. The van der Waals surface area contributed by atoms with Crippen LogP contribution in [0.15, 0.2) is 64.4 Å². The SMILES string of the molecule is Cc1ccc(-c2nn(C)cc2-c2nnc(SCC(=O)Nc3ccc(Br)cc3)n2C)cc1. The van der Waals surface area contributed by atoms with E-state index in [-0.39, 0.29) is 11.7 Å². The average Bonchev–Trinajstić information content (AvgIpc) is 3.31. The third-order valence-corrected chi connectivity index (χ3v) is 6.24. The molecule has 0 atom stereocenters. The maximum atomic E-state index is 12.3. The summed E-state index contributed by atoms with van der Waals surface area (Å²) in [4.78, 5) is 12.3. The van der Waals surface area contributed by atoms with Gasteiger partial charge in [-0.25, -0.2) is 0 Å². The molecule has 0 saturated carbocycles. The van der Waals surface area contributed by atoms with E-state index in [0.29, 0.717) is 11.0 Å². The molecule has 1 amide bonds. The molecule has 0 unspecified atom stereocenters. The summed E-state index contributed by atoms with van der Waals surface area (Å²) in [5.41, 5.74) is 4.72. The summed E-state index contributed by atoms with van der Waals surface area (Å²) >= 11 is 4.73. The molecule has 4 rings (SSSR count). The highest BCUT2D eigenvalue weighted by molar-refractivity contribution is 9.10. The first-order valence-corrected chi connectivity index (χ1v) is 11.4. The molecule has 4 aromatic rings. The quantitative estimate of drug-likeness (QED) is 0.392. The Balaban J connectivity index is 1.50. The van der Waals surface area contributed by atoms with Crippen molar-refractivity contribution in [3.63, 3.8) is 0 Å². The molecule has 0 aliphatic carbocycles. The van der Waals surface area contributed by atoms with Crippen molar-refractivity contribution in [2.45, 2.75) is 12.1 Å². The molecule has 0 radical (unpaired) electrons. The Bertz CT molecular complexity index is 1210. The highest BCUT2D eigenvalue weighted by Gasteiger charge is 2.19. The Kier molecular flexibility index (Phi) is 6.24. The molecule has 0 aliphatic rings. The van der Waals surface area contributed by atoms with E-state index in [9.17, 15) is 4.79 Å². The number of aryl methyl sites for hydroxylation is 2. The van der Waals surface area contributed by atoms with Gasteiger partial charge in [-0.15, -0.1) is 10.2 Å². The van der Waals surface area contributed by atoms with Gasteiger partial charge < -0.3 is 9.88 Å². The summed E-state index contributed by atoms with van der Waals surface area (Å²) in [7, 11) is 3.79. The van der Waals surface area contributed by atoms with E-state index in [1.807, 2.05) is 49.1 Å². The molecule has 2 heterocycles. The topological polar surface area (TPSA) is 77.6 Å². The van der Waals surface area contributed by atoms with Crippen LogP contribution in [0.1, 0.15) is 5.56 Å². The number of nitrogens with zero attached hydrogens (tertiary/aromatic N) is 5. The zero-order valence-electron chi connectivity index (χ0n) is 17.3. The second kappa shape index (κ2) is 9.07. The van der Waals surface area contributed by atoms with E-state index < -0.39 is 0 Å². The molecule has 7 nitrogen and oxygen atoms in total. The first-order valence-electron chi connectivity index (χ1n) is 9.59. The van der Waals surface area contributed by atoms with E-state index >= 15 is 0 Å². The second-order valence-corrected chi connectivity index (χ2v) is 9.00. The van der Waals surface area contributed by atoms with Crippen LogP contribution < -0.4 is 5.32 Å². The lowest BCUT2D eigenvalue weighted by molar-refractivity contribution is -0.113. The standard InChI is InChI=1S/C22H21BrN6OS/c1-14-4-6-15(7-5-14)20-18(12-28(2)27-20)21-25-26-22(29(21)3)31-13-19(30)24-17-10-8-16(23)9-11-17/h4-12H,13H2,1-3H3,(H,24,30). The fraction of sp³-hybridized carbons (Fsp3) is 0.182. The van der Waals surface area contributed by atoms with Gasteiger partial charge in [0.15, 0.2) is 11.0 Å². The van der Waals surface area contributed by atoms with Crippen LogP contribution in [-0.4, -0.2) is 36.2 Å². The third kappa shape index (κ3) is 4.88. The summed E-state index contributed by atoms with van der Waals surface area (Å²) in [5.74, 6) is 0.845. The van der Waals surface area contributed by atoms with Crippen molar-refractivity contribution >= 4 is 39.3 Å². The van der Waals surface area contributed by atoms with Gasteiger partial charge in [-0.05, 0) is 31.2 Å². The maximum absolute atomic E-state index is 12.3. The minimum Gasteiger partial charge on any atom is -0.325 e. The smallest absolute Gasteiger partial charge is 0.234 e. The number of carbonyl (C=O) groups excluding carboxylic acids is 1. The van der Waals surface area contributed by atoms with Gasteiger partial charge in [0, 0.05) is 36.0 Å². The van der Waals surface area contributed by atoms with Gasteiger partial charge in [0.1, 0.15) is 5.69 Å². The first-order chi connectivity index (χ1) is 14.9. The molecule has 2 aromatic carbocycles. The zero-order valence-corrected chi connectivity index (χ0v) is 19.7. The molecule has 31 heavy (non-hydrogen) atoms. The predicted octanol–water partition coefficient (Wildman–Crippen LogP) is 4.68. The Hall–Kier alpha value is -2.91. The Morgan fingerprint density at radius 2 is 1.77 bits per heavy atom. The van der Waals surface area contributed by atoms with Crippen LogP contribution in [0.3, 0.4) is 0 Å². The van der Waals surface area contributed by atoms with Crippen LogP contribution in [-0.2, 0) is 18.9 Å². The number of rotatable bonds is 6. The zero-order chi connectivity index (χ0) is 22.0. The lowest BCUT2D eigenvalue weighted by Gasteiger charge is -2.06. The molecule has 9 heteroatoms. The fourth-order valence-corrected chi connectivity index (χ4v) is 4.09. The van der Waals surface area contributed by atoms with Crippen molar-refractivity contribution in [2.75, 3.05) is 11.1 Å². The predicted molar refractivity (Wildman–Crippen MR) is 127 cm³/mol. The van der Waals surface area contributed by atoms with Crippen molar-refractivity contribution in [2.24, 2.45) is 14.1 Å².